The van der Waals surface area contributed by atoms with Crippen molar-refractivity contribution in [2.45, 2.75) is 26.7 Å². The molecular formula is C13H20N2O3. The van der Waals surface area contributed by atoms with Gasteiger partial charge in [-0.25, -0.2) is 0 Å². The van der Waals surface area contributed by atoms with Gasteiger partial charge in [0, 0.05) is 19.3 Å². The molecule has 0 fully saturated rings. The van der Waals surface area contributed by atoms with Gasteiger partial charge in [0.1, 0.15) is 5.56 Å². The smallest absolute Gasteiger partial charge is 0.261 e. The molecule has 1 heterocycles. The van der Waals surface area contributed by atoms with Gasteiger partial charge in [-0.2, -0.15) is 0 Å². The largest absolute Gasteiger partial charge is 0.383 e. The van der Waals surface area contributed by atoms with Crippen LogP contribution in [0.5, 0.6) is 0 Å². The number of carbonyl (C=O) groups excluding carboxylic acids is 1. The average molecular weight is 252 g/mol. The molecular weight excluding hydrogens is 232 g/mol. The number of aromatic amines is 1. The van der Waals surface area contributed by atoms with E-state index in [2.05, 4.69) is 10.3 Å². The number of methoxy groups -OCH3 is 1. The van der Waals surface area contributed by atoms with Gasteiger partial charge in [0.05, 0.1) is 6.61 Å². The lowest BCUT2D eigenvalue weighted by Crippen LogP contribution is -2.32. The van der Waals surface area contributed by atoms with Crippen molar-refractivity contribution >= 4 is 5.91 Å². The first-order valence-electron chi connectivity index (χ1n) is 6.16. The Morgan fingerprint density at radius 2 is 2.11 bits per heavy atom. The molecule has 0 saturated heterocycles. The molecule has 0 aliphatic carbocycles. The second-order valence-electron chi connectivity index (χ2n) is 3.97. The van der Waals surface area contributed by atoms with Gasteiger partial charge < -0.3 is 15.0 Å². The van der Waals surface area contributed by atoms with Gasteiger partial charge in [0.25, 0.3) is 11.5 Å². The summed E-state index contributed by atoms with van der Waals surface area (Å²) in [6, 6.07) is 1.68. The lowest BCUT2D eigenvalue weighted by Gasteiger charge is -2.09. The van der Waals surface area contributed by atoms with Crippen molar-refractivity contribution in [3.05, 3.63) is 33.2 Å². The lowest BCUT2D eigenvalue weighted by molar-refractivity contribution is 0.0935. The summed E-state index contributed by atoms with van der Waals surface area (Å²) in [4.78, 5) is 26.4. The molecule has 0 aliphatic heterocycles. The molecule has 1 amide bonds. The van der Waals surface area contributed by atoms with E-state index in [0.717, 1.165) is 24.1 Å². The third-order valence-corrected chi connectivity index (χ3v) is 2.79. The van der Waals surface area contributed by atoms with E-state index in [0.29, 0.717) is 13.2 Å². The number of hydrogen-bond acceptors (Lipinski definition) is 3. The second-order valence-corrected chi connectivity index (χ2v) is 3.97. The summed E-state index contributed by atoms with van der Waals surface area (Å²) >= 11 is 0. The van der Waals surface area contributed by atoms with Gasteiger partial charge in [0.2, 0.25) is 0 Å². The zero-order chi connectivity index (χ0) is 13.5. The van der Waals surface area contributed by atoms with Gasteiger partial charge >= 0.3 is 0 Å². The van der Waals surface area contributed by atoms with Crippen LogP contribution in [0.4, 0.5) is 0 Å². The fourth-order valence-electron chi connectivity index (χ4n) is 1.77. The van der Waals surface area contributed by atoms with E-state index >= 15 is 0 Å². The topological polar surface area (TPSA) is 71.2 Å². The Bertz CT molecular complexity index is 466. The van der Waals surface area contributed by atoms with Gasteiger partial charge in [-0.3, -0.25) is 9.59 Å². The van der Waals surface area contributed by atoms with Crippen LogP contribution in [0.25, 0.3) is 0 Å². The fraction of sp³-hybridized carbons (Fsp3) is 0.538. The van der Waals surface area contributed by atoms with Crippen molar-refractivity contribution in [1.82, 2.24) is 10.3 Å². The molecule has 100 valence electrons. The zero-order valence-electron chi connectivity index (χ0n) is 11.1. The van der Waals surface area contributed by atoms with Crippen LogP contribution < -0.4 is 10.9 Å². The number of ether oxygens (including phenoxy) is 1. The predicted octanol–water partition coefficient (Wildman–Crippen LogP) is 0.876. The highest BCUT2D eigenvalue weighted by molar-refractivity contribution is 5.94. The third-order valence-electron chi connectivity index (χ3n) is 2.79. The Morgan fingerprint density at radius 1 is 1.39 bits per heavy atom. The summed E-state index contributed by atoms with van der Waals surface area (Å²) in [5, 5.41) is 2.65. The summed E-state index contributed by atoms with van der Waals surface area (Å²) in [5.74, 6) is -0.356. The summed E-state index contributed by atoms with van der Waals surface area (Å²) in [6.07, 6.45) is 1.54. The van der Waals surface area contributed by atoms with Crippen LogP contribution >= 0.6 is 0 Å². The maximum atomic E-state index is 11.8. The summed E-state index contributed by atoms with van der Waals surface area (Å²) in [5.41, 5.74) is 1.74. The maximum Gasteiger partial charge on any atom is 0.261 e. The minimum Gasteiger partial charge on any atom is -0.383 e. The van der Waals surface area contributed by atoms with Crippen molar-refractivity contribution < 1.29 is 9.53 Å². The summed E-state index contributed by atoms with van der Waals surface area (Å²) in [7, 11) is 1.56. The molecule has 1 aromatic rings. The molecule has 0 spiro atoms. The van der Waals surface area contributed by atoms with Crippen LogP contribution in [0, 0.1) is 0 Å². The molecule has 18 heavy (non-hydrogen) atoms. The number of nitrogens with one attached hydrogen (secondary N) is 2. The normalized spacial score (nSPS) is 10.4. The first-order chi connectivity index (χ1) is 8.63. The van der Waals surface area contributed by atoms with Crippen molar-refractivity contribution in [2.24, 2.45) is 0 Å². The highest BCUT2D eigenvalue weighted by Crippen LogP contribution is 2.07. The van der Waals surface area contributed by atoms with Crippen LogP contribution in [-0.2, 0) is 17.6 Å². The van der Waals surface area contributed by atoms with Gasteiger partial charge in [0.15, 0.2) is 0 Å². The van der Waals surface area contributed by atoms with E-state index in [1.54, 1.807) is 13.2 Å². The van der Waals surface area contributed by atoms with Crippen molar-refractivity contribution in [2.75, 3.05) is 20.3 Å². The van der Waals surface area contributed by atoms with Crippen LogP contribution in [0.15, 0.2) is 10.9 Å². The SMILES string of the molecule is CCc1cc(C(=O)NCCOC)c(=O)[nH]c1CC. The van der Waals surface area contributed by atoms with Crippen LogP contribution in [-0.4, -0.2) is 31.2 Å². The number of carbonyl (C=O) groups is 1. The quantitative estimate of drug-likeness (QED) is 0.738. The van der Waals surface area contributed by atoms with Crippen molar-refractivity contribution in [3.63, 3.8) is 0 Å². The zero-order valence-corrected chi connectivity index (χ0v) is 11.1. The Kier molecular flexibility index (Phi) is 5.58. The van der Waals surface area contributed by atoms with E-state index in [4.69, 9.17) is 4.74 Å². The number of amides is 1. The average Bonchev–Trinajstić information content (AvgIpc) is 2.38. The predicted molar refractivity (Wildman–Crippen MR) is 70.0 cm³/mol. The third kappa shape index (κ3) is 3.43. The minimum atomic E-state index is -0.356. The Balaban J connectivity index is 2.95. The fourth-order valence-corrected chi connectivity index (χ4v) is 1.77. The van der Waals surface area contributed by atoms with Gasteiger partial charge in [-0.1, -0.05) is 13.8 Å². The molecule has 0 aliphatic rings. The second kappa shape index (κ2) is 6.96. The van der Waals surface area contributed by atoms with E-state index in [1.807, 2.05) is 13.8 Å². The highest BCUT2D eigenvalue weighted by atomic mass is 16.5. The monoisotopic (exact) mass is 252 g/mol. The molecule has 0 atom stereocenters. The lowest BCUT2D eigenvalue weighted by atomic mass is 10.1. The van der Waals surface area contributed by atoms with E-state index in [9.17, 15) is 9.59 Å². The van der Waals surface area contributed by atoms with E-state index in [-0.39, 0.29) is 17.0 Å². The molecule has 0 saturated carbocycles. The standard InChI is InChI=1S/C13H20N2O3/c1-4-9-8-10(12(16)14-6-7-18-3)13(17)15-11(9)5-2/h8H,4-7H2,1-3H3,(H,14,16)(H,15,17). The van der Waals surface area contributed by atoms with Crippen molar-refractivity contribution in [3.8, 4) is 0 Å². The van der Waals surface area contributed by atoms with E-state index in [1.165, 1.54) is 0 Å². The number of pyridine rings is 1. The van der Waals surface area contributed by atoms with Crippen LogP contribution in [0.2, 0.25) is 0 Å². The Labute approximate surface area is 107 Å². The number of aryl methyl sites for hydroxylation is 2. The highest BCUT2D eigenvalue weighted by Gasteiger charge is 2.12. The molecule has 0 aromatic carbocycles. The first kappa shape index (κ1) is 14.4. The van der Waals surface area contributed by atoms with Gasteiger partial charge in [-0.15, -0.1) is 0 Å². The molecule has 1 rings (SSSR count). The first-order valence-corrected chi connectivity index (χ1v) is 6.16. The number of rotatable bonds is 6. The summed E-state index contributed by atoms with van der Waals surface area (Å²) < 4.78 is 4.84. The summed E-state index contributed by atoms with van der Waals surface area (Å²) in [6.45, 7) is 4.80. The molecule has 2 N–H and O–H groups in total. The molecule has 5 heteroatoms. The molecule has 0 radical (unpaired) electrons. The van der Waals surface area contributed by atoms with Crippen molar-refractivity contribution in [1.29, 1.82) is 0 Å². The Morgan fingerprint density at radius 3 is 2.67 bits per heavy atom. The van der Waals surface area contributed by atoms with Gasteiger partial charge in [-0.05, 0) is 24.5 Å². The Hall–Kier alpha value is -1.62. The van der Waals surface area contributed by atoms with Crippen LogP contribution in [0.1, 0.15) is 35.5 Å². The molecule has 0 bridgehead atoms. The minimum absolute atomic E-state index is 0.167. The molecule has 1 aromatic heterocycles. The maximum absolute atomic E-state index is 11.8. The molecule has 0 unspecified atom stereocenters. The number of H-pyrrole nitrogens is 1. The number of aromatic nitrogens is 1. The molecule has 5 nitrogen and oxygen atoms in total. The van der Waals surface area contributed by atoms with E-state index < -0.39 is 0 Å². The number of hydrogen-bond donors (Lipinski definition) is 2. The van der Waals surface area contributed by atoms with Crippen LogP contribution in [0.3, 0.4) is 0 Å².